The van der Waals surface area contributed by atoms with Crippen LogP contribution in [0.4, 0.5) is 4.79 Å². The summed E-state index contributed by atoms with van der Waals surface area (Å²) in [6, 6.07) is 9.54. The molecule has 1 aliphatic heterocycles. The molecule has 30 heavy (non-hydrogen) atoms. The Labute approximate surface area is 179 Å². The number of amides is 1. The maximum atomic E-state index is 11.9. The highest BCUT2D eigenvalue weighted by atomic mass is 16.6. The predicted molar refractivity (Wildman–Crippen MR) is 118 cm³/mol. The molecule has 1 heterocycles. The van der Waals surface area contributed by atoms with Crippen molar-refractivity contribution in [1.82, 2.24) is 10.9 Å². The second-order valence-electron chi connectivity index (χ2n) is 8.51. The third kappa shape index (κ3) is 7.25. The molecule has 0 radical (unpaired) electrons. The average molecular weight is 412 g/mol. The van der Waals surface area contributed by atoms with Gasteiger partial charge in [-0.3, -0.25) is 10.4 Å². The molecule has 0 saturated heterocycles. The number of ether oxygens (including phenoxy) is 2. The number of aliphatic imine (C=N–C) groups is 1. The number of nitrogens with zero attached hydrogens (tertiary/aromatic N) is 1. The highest BCUT2D eigenvalue weighted by Gasteiger charge is 2.23. The zero-order valence-electron chi connectivity index (χ0n) is 18.0. The number of carbonyl (C=O) groups is 1. The molecule has 1 fully saturated rings. The van der Waals surface area contributed by atoms with Crippen LogP contribution in [0.25, 0.3) is 0 Å². The summed E-state index contributed by atoms with van der Waals surface area (Å²) in [7, 11) is 0. The van der Waals surface area contributed by atoms with E-state index in [0.29, 0.717) is 11.6 Å². The summed E-state index contributed by atoms with van der Waals surface area (Å²) >= 11 is 0. The summed E-state index contributed by atoms with van der Waals surface area (Å²) in [6.45, 7) is 4.82. The van der Waals surface area contributed by atoms with Crippen LogP contribution in [-0.4, -0.2) is 12.3 Å². The number of hydrazine groups is 1. The molecule has 6 heteroatoms. The van der Waals surface area contributed by atoms with Crippen LogP contribution in [0.1, 0.15) is 57.9 Å². The smallest absolute Gasteiger partial charge is 0.426 e. The molecular formula is C24H33N3O3. The molecule has 6 nitrogen and oxygen atoms in total. The molecule has 2 unspecified atom stereocenters. The third-order valence-electron chi connectivity index (χ3n) is 5.55. The number of hydrogen-bond acceptors (Lipinski definition) is 5. The summed E-state index contributed by atoms with van der Waals surface area (Å²) in [6.07, 6.45) is 11.8. The standard InChI is InChI=1S/C24H33N3O3/c1-18(2)13-19-9-6-10-21(12-11-19)23-15-25-14-22(17-29-23)26-27-24(28)30-16-20-7-4-3-5-8-20/h3-5,7-8,14-15,17-19,21,26H,6,9-13,16H2,1-2H3,(H,27,28). The van der Waals surface area contributed by atoms with E-state index in [2.05, 4.69) is 29.7 Å². The molecule has 1 aliphatic carbocycles. The lowest BCUT2D eigenvalue weighted by Crippen LogP contribution is -2.37. The first-order chi connectivity index (χ1) is 14.6. The Balaban J connectivity index is 1.43. The monoisotopic (exact) mass is 411 g/mol. The first-order valence-corrected chi connectivity index (χ1v) is 10.9. The minimum Gasteiger partial charge on any atom is -0.465 e. The Bertz CT molecular complexity index is 771. The molecule has 2 aliphatic rings. The quantitative estimate of drug-likeness (QED) is 0.463. The molecule has 162 valence electrons. The molecule has 1 aromatic carbocycles. The van der Waals surface area contributed by atoms with Crippen molar-refractivity contribution in [3.8, 4) is 0 Å². The second kappa shape index (κ2) is 11.4. The van der Waals surface area contributed by atoms with Crippen molar-refractivity contribution in [1.29, 1.82) is 0 Å². The van der Waals surface area contributed by atoms with E-state index in [4.69, 9.17) is 9.47 Å². The Kier molecular flexibility index (Phi) is 8.36. The fourth-order valence-electron chi connectivity index (χ4n) is 4.09. The largest absolute Gasteiger partial charge is 0.465 e. The van der Waals surface area contributed by atoms with Gasteiger partial charge in [-0.25, -0.2) is 10.2 Å². The van der Waals surface area contributed by atoms with Crippen LogP contribution in [0.3, 0.4) is 0 Å². The van der Waals surface area contributed by atoms with Crippen LogP contribution in [0.5, 0.6) is 0 Å². The fraction of sp³-hybridized carbons (Fsp3) is 0.500. The number of nitrogens with one attached hydrogen (secondary N) is 2. The second-order valence-corrected chi connectivity index (χ2v) is 8.51. The van der Waals surface area contributed by atoms with E-state index in [-0.39, 0.29) is 6.61 Å². The van der Waals surface area contributed by atoms with Crippen molar-refractivity contribution in [2.24, 2.45) is 22.7 Å². The van der Waals surface area contributed by atoms with Gasteiger partial charge in [0, 0.05) is 5.92 Å². The Morgan fingerprint density at radius 3 is 2.83 bits per heavy atom. The Morgan fingerprint density at radius 1 is 1.20 bits per heavy atom. The third-order valence-corrected chi connectivity index (χ3v) is 5.55. The van der Waals surface area contributed by atoms with Crippen LogP contribution in [-0.2, 0) is 16.1 Å². The van der Waals surface area contributed by atoms with Gasteiger partial charge in [0.25, 0.3) is 0 Å². The average Bonchev–Trinajstić information content (AvgIpc) is 3.12. The molecule has 1 saturated carbocycles. The molecule has 2 N–H and O–H groups in total. The lowest BCUT2D eigenvalue weighted by Gasteiger charge is -2.18. The van der Waals surface area contributed by atoms with Crippen molar-refractivity contribution < 1.29 is 14.3 Å². The number of benzene rings is 1. The Morgan fingerprint density at radius 2 is 2.03 bits per heavy atom. The summed E-state index contributed by atoms with van der Waals surface area (Å²) < 4.78 is 11.1. The normalized spacial score (nSPS) is 21.6. The lowest BCUT2D eigenvalue weighted by atomic mass is 9.90. The van der Waals surface area contributed by atoms with Gasteiger partial charge in [-0.05, 0) is 43.1 Å². The van der Waals surface area contributed by atoms with Gasteiger partial charge in [-0.2, -0.15) is 0 Å². The first kappa shape index (κ1) is 21.9. The molecule has 0 spiro atoms. The van der Waals surface area contributed by atoms with Crippen molar-refractivity contribution >= 4 is 12.3 Å². The van der Waals surface area contributed by atoms with E-state index in [9.17, 15) is 4.79 Å². The molecule has 0 aromatic heterocycles. The van der Waals surface area contributed by atoms with Gasteiger partial charge in [0.1, 0.15) is 24.3 Å². The molecule has 3 rings (SSSR count). The van der Waals surface area contributed by atoms with Crippen LogP contribution in [0.15, 0.2) is 59.2 Å². The molecule has 0 bridgehead atoms. The summed E-state index contributed by atoms with van der Waals surface area (Å²) in [5.41, 5.74) is 6.79. The van der Waals surface area contributed by atoms with Crippen LogP contribution < -0.4 is 10.9 Å². The molecule has 1 amide bonds. The van der Waals surface area contributed by atoms with Gasteiger partial charge in [-0.1, -0.05) is 57.0 Å². The maximum absolute atomic E-state index is 11.9. The zero-order chi connectivity index (χ0) is 21.2. The fourth-order valence-corrected chi connectivity index (χ4v) is 4.09. The van der Waals surface area contributed by atoms with Gasteiger partial charge in [0.05, 0.1) is 12.4 Å². The highest BCUT2D eigenvalue weighted by molar-refractivity contribution is 5.79. The SMILES string of the molecule is CC(C)CC1CCCC(C2=CN=CC(NNC(=O)OCc3ccccc3)=CO2)CC1. The van der Waals surface area contributed by atoms with Gasteiger partial charge >= 0.3 is 6.09 Å². The number of rotatable bonds is 7. The van der Waals surface area contributed by atoms with Crippen molar-refractivity contribution in [3.63, 3.8) is 0 Å². The number of carbonyl (C=O) groups excluding carboxylic acids is 1. The molecular weight excluding hydrogens is 378 g/mol. The maximum Gasteiger partial charge on any atom is 0.426 e. The van der Waals surface area contributed by atoms with Crippen LogP contribution in [0, 0.1) is 17.8 Å². The minimum atomic E-state index is -0.564. The summed E-state index contributed by atoms with van der Waals surface area (Å²) in [5.74, 6) is 2.88. The van der Waals surface area contributed by atoms with Gasteiger partial charge < -0.3 is 9.47 Å². The van der Waals surface area contributed by atoms with Gasteiger partial charge in [0.2, 0.25) is 0 Å². The number of hydrogen-bond donors (Lipinski definition) is 2. The van der Waals surface area contributed by atoms with Crippen LogP contribution >= 0.6 is 0 Å². The summed E-state index contributed by atoms with van der Waals surface area (Å²) in [4.78, 5) is 16.2. The topological polar surface area (TPSA) is 72.0 Å². The summed E-state index contributed by atoms with van der Waals surface area (Å²) in [5, 5.41) is 0. The Hall–Kier alpha value is -2.76. The minimum absolute atomic E-state index is 0.211. The molecule has 2 atom stereocenters. The molecule has 1 aromatic rings. The van der Waals surface area contributed by atoms with Gasteiger partial charge in [0.15, 0.2) is 0 Å². The van der Waals surface area contributed by atoms with E-state index in [1.54, 1.807) is 18.7 Å². The van der Waals surface area contributed by atoms with Crippen LogP contribution in [0.2, 0.25) is 0 Å². The predicted octanol–water partition coefficient (Wildman–Crippen LogP) is 5.44. The van der Waals surface area contributed by atoms with Crippen molar-refractivity contribution in [2.75, 3.05) is 0 Å². The lowest BCUT2D eigenvalue weighted by molar-refractivity contribution is 0.136. The van der Waals surface area contributed by atoms with Crippen molar-refractivity contribution in [2.45, 2.75) is 59.0 Å². The van der Waals surface area contributed by atoms with E-state index in [1.165, 1.54) is 25.7 Å². The highest BCUT2D eigenvalue weighted by Crippen LogP contribution is 2.35. The van der Waals surface area contributed by atoms with E-state index in [0.717, 1.165) is 36.0 Å². The zero-order valence-corrected chi connectivity index (χ0v) is 18.0. The first-order valence-electron chi connectivity index (χ1n) is 10.9. The van der Waals surface area contributed by atoms with Gasteiger partial charge in [-0.15, -0.1) is 0 Å². The van der Waals surface area contributed by atoms with E-state index >= 15 is 0 Å². The van der Waals surface area contributed by atoms with E-state index < -0.39 is 6.09 Å². The number of allylic oxidation sites excluding steroid dienone is 2. The van der Waals surface area contributed by atoms with Crippen molar-refractivity contribution in [3.05, 3.63) is 59.8 Å². The van der Waals surface area contributed by atoms with E-state index in [1.807, 2.05) is 30.3 Å².